The molecule has 4 heteroatoms. The first-order chi connectivity index (χ1) is 10.8. The Balaban J connectivity index is 1.61. The van der Waals surface area contributed by atoms with Crippen LogP contribution in [0.15, 0.2) is 30.3 Å². The summed E-state index contributed by atoms with van der Waals surface area (Å²) in [7, 11) is 1.68. The largest absolute Gasteiger partial charge is 0.385 e. The molecule has 1 aromatic carbocycles. The van der Waals surface area contributed by atoms with Gasteiger partial charge in [0.15, 0.2) is 0 Å². The molecule has 1 heterocycles. The number of carbonyl (C=O) groups is 1. The van der Waals surface area contributed by atoms with Crippen LogP contribution < -0.4 is 5.32 Å². The van der Waals surface area contributed by atoms with Gasteiger partial charge in [-0.3, -0.25) is 9.69 Å². The maximum absolute atomic E-state index is 11.9. The van der Waals surface area contributed by atoms with Crippen molar-refractivity contribution in [2.24, 2.45) is 5.92 Å². The number of ether oxygens (including phenoxy) is 1. The molecule has 0 saturated carbocycles. The zero-order chi connectivity index (χ0) is 15.6. The number of benzene rings is 1. The van der Waals surface area contributed by atoms with Gasteiger partial charge in [-0.15, -0.1) is 0 Å². The van der Waals surface area contributed by atoms with Gasteiger partial charge in [0.2, 0.25) is 5.91 Å². The number of likely N-dealkylation sites (tertiary alicyclic amines) is 1. The fourth-order valence-electron chi connectivity index (χ4n) is 3.00. The van der Waals surface area contributed by atoms with E-state index in [1.807, 2.05) is 0 Å². The number of hydrogen-bond acceptors (Lipinski definition) is 3. The minimum atomic E-state index is 0.137. The number of nitrogens with one attached hydrogen (secondary N) is 1. The van der Waals surface area contributed by atoms with Crippen LogP contribution in [0.4, 0.5) is 0 Å². The van der Waals surface area contributed by atoms with Crippen LogP contribution in [-0.2, 0) is 16.0 Å². The number of methoxy groups -OCH3 is 1. The smallest absolute Gasteiger partial charge is 0.234 e. The SMILES string of the molecule is COCCCNC(=O)CN1CCC(Cc2ccccc2)CC1. The summed E-state index contributed by atoms with van der Waals surface area (Å²) in [4.78, 5) is 14.1. The highest BCUT2D eigenvalue weighted by Crippen LogP contribution is 2.21. The van der Waals surface area contributed by atoms with Gasteiger partial charge in [0.25, 0.3) is 0 Å². The molecule has 0 spiro atoms. The molecular weight excluding hydrogens is 276 g/mol. The molecule has 1 aliphatic rings. The van der Waals surface area contributed by atoms with Gasteiger partial charge in [-0.05, 0) is 50.3 Å². The first-order valence-electron chi connectivity index (χ1n) is 8.30. The van der Waals surface area contributed by atoms with E-state index in [2.05, 4.69) is 40.5 Å². The van der Waals surface area contributed by atoms with Crippen molar-refractivity contribution in [2.75, 3.05) is 39.9 Å². The van der Waals surface area contributed by atoms with Crippen LogP contribution >= 0.6 is 0 Å². The Bertz CT molecular complexity index is 428. The quantitative estimate of drug-likeness (QED) is 0.748. The minimum Gasteiger partial charge on any atom is -0.385 e. The molecule has 4 nitrogen and oxygen atoms in total. The first-order valence-corrected chi connectivity index (χ1v) is 8.30. The predicted octanol–water partition coefficient (Wildman–Crippen LogP) is 2.09. The van der Waals surface area contributed by atoms with Gasteiger partial charge in [-0.25, -0.2) is 0 Å². The Kier molecular flexibility index (Phi) is 7.40. The Hall–Kier alpha value is -1.39. The Morgan fingerprint density at radius 1 is 1.27 bits per heavy atom. The third-order valence-corrected chi connectivity index (χ3v) is 4.29. The van der Waals surface area contributed by atoms with Crippen LogP contribution in [0.3, 0.4) is 0 Å². The van der Waals surface area contributed by atoms with Crippen molar-refractivity contribution in [2.45, 2.75) is 25.7 Å². The molecule has 1 aromatic rings. The summed E-state index contributed by atoms with van der Waals surface area (Å²) in [6.07, 6.45) is 4.41. The summed E-state index contributed by atoms with van der Waals surface area (Å²) in [5.74, 6) is 0.890. The normalized spacial score (nSPS) is 16.6. The molecule has 0 atom stereocenters. The summed E-state index contributed by atoms with van der Waals surface area (Å²) >= 11 is 0. The van der Waals surface area contributed by atoms with Gasteiger partial charge in [0.05, 0.1) is 6.54 Å². The minimum absolute atomic E-state index is 0.137. The molecule has 1 N–H and O–H groups in total. The van der Waals surface area contributed by atoms with Crippen LogP contribution in [0.5, 0.6) is 0 Å². The second-order valence-electron chi connectivity index (χ2n) is 6.11. The first kappa shape index (κ1) is 17.0. The van der Waals surface area contributed by atoms with Crippen LogP contribution in [-0.4, -0.2) is 50.7 Å². The molecule has 22 heavy (non-hydrogen) atoms. The molecule has 1 saturated heterocycles. The summed E-state index contributed by atoms with van der Waals surface area (Å²) in [6, 6.07) is 10.7. The van der Waals surface area contributed by atoms with E-state index < -0.39 is 0 Å². The second-order valence-corrected chi connectivity index (χ2v) is 6.11. The van der Waals surface area contributed by atoms with Crippen molar-refractivity contribution in [1.82, 2.24) is 10.2 Å². The molecule has 0 unspecified atom stereocenters. The van der Waals surface area contributed by atoms with Gasteiger partial charge < -0.3 is 10.1 Å². The molecule has 0 aromatic heterocycles. The highest BCUT2D eigenvalue weighted by molar-refractivity contribution is 5.77. The summed E-state index contributed by atoms with van der Waals surface area (Å²) in [6.45, 7) is 4.00. The third kappa shape index (κ3) is 6.16. The van der Waals surface area contributed by atoms with Crippen molar-refractivity contribution >= 4 is 5.91 Å². The highest BCUT2D eigenvalue weighted by atomic mass is 16.5. The molecule has 0 aliphatic carbocycles. The molecular formula is C18H28N2O2. The lowest BCUT2D eigenvalue weighted by Crippen LogP contribution is -2.42. The van der Waals surface area contributed by atoms with Gasteiger partial charge in [-0.2, -0.15) is 0 Å². The van der Waals surface area contributed by atoms with E-state index in [4.69, 9.17) is 4.74 Å². The summed E-state index contributed by atoms with van der Waals surface area (Å²) in [5, 5.41) is 2.96. The van der Waals surface area contributed by atoms with Crippen LogP contribution in [0.25, 0.3) is 0 Å². The lowest BCUT2D eigenvalue weighted by atomic mass is 9.90. The predicted molar refractivity (Wildman–Crippen MR) is 88.8 cm³/mol. The van der Waals surface area contributed by atoms with Crippen molar-refractivity contribution in [1.29, 1.82) is 0 Å². The number of carbonyl (C=O) groups excluding carboxylic acids is 1. The molecule has 1 fully saturated rings. The number of hydrogen-bond donors (Lipinski definition) is 1. The van der Waals surface area contributed by atoms with Gasteiger partial charge in [0.1, 0.15) is 0 Å². The topological polar surface area (TPSA) is 41.6 Å². The number of amides is 1. The standard InChI is InChI=1S/C18H28N2O2/c1-22-13-5-10-19-18(21)15-20-11-8-17(9-12-20)14-16-6-3-2-4-7-16/h2-4,6-7,17H,5,8-15H2,1H3,(H,19,21). The van der Waals surface area contributed by atoms with Crippen molar-refractivity contribution in [3.8, 4) is 0 Å². The maximum atomic E-state index is 11.9. The van der Waals surface area contributed by atoms with E-state index in [-0.39, 0.29) is 5.91 Å². The number of nitrogens with zero attached hydrogens (tertiary/aromatic N) is 1. The van der Waals surface area contributed by atoms with Crippen molar-refractivity contribution in [3.05, 3.63) is 35.9 Å². The molecule has 1 aliphatic heterocycles. The van der Waals surface area contributed by atoms with E-state index in [0.29, 0.717) is 19.7 Å². The summed E-state index contributed by atoms with van der Waals surface area (Å²) < 4.78 is 4.97. The average Bonchev–Trinajstić information content (AvgIpc) is 2.54. The summed E-state index contributed by atoms with van der Waals surface area (Å²) in [5.41, 5.74) is 1.43. The monoisotopic (exact) mass is 304 g/mol. The molecule has 122 valence electrons. The zero-order valence-electron chi connectivity index (χ0n) is 13.6. The number of piperidine rings is 1. The zero-order valence-corrected chi connectivity index (χ0v) is 13.6. The van der Waals surface area contributed by atoms with E-state index in [1.165, 1.54) is 18.4 Å². The van der Waals surface area contributed by atoms with Crippen LogP contribution in [0.2, 0.25) is 0 Å². The molecule has 0 bridgehead atoms. The number of rotatable bonds is 8. The molecule has 2 rings (SSSR count). The highest BCUT2D eigenvalue weighted by Gasteiger charge is 2.20. The van der Waals surface area contributed by atoms with Crippen LogP contribution in [0, 0.1) is 5.92 Å². The van der Waals surface area contributed by atoms with Gasteiger partial charge >= 0.3 is 0 Å². The lowest BCUT2D eigenvalue weighted by molar-refractivity contribution is -0.122. The maximum Gasteiger partial charge on any atom is 0.234 e. The Morgan fingerprint density at radius 3 is 2.68 bits per heavy atom. The van der Waals surface area contributed by atoms with Crippen molar-refractivity contribution in [3.63, 3.8) is 0 Å². The van der Waals surface area contributed by atoms with Gasteiger partial charge in [0, 0.05) is 20.3 Å². The average molecular weight is 304 g/mol. The third-order valence-electron chi connectivity index (χ3n) is 4.29. The van der Waals surface area contributed by atoms with Crippen molar-refractivity contribution < 1.29 is 9.53 Å². The van der Waals surface area contributed by atoms with Crippen LogP contribution in [0.1, 0.15) is 24.8 Å². The van der Waals surface area contributed by atoms with E-state index >= 15 is 0 Å². The fraction of sp³-hybridized carbons (Fsp3) is 0.611. The van der Waals surface area contributed by atoms with E-state index in [1.54, 1.807) is 7.11 Å². The Labute approximate surface area is 133 Å². The van der Waals surface area contributed by atoms with E-state index in [9.17, 15) is 4.79 Å². The van der Waals surface area contributed by atoms with Gasteiger partial charge in [-0.1, -0.05) is 30.3 Å². The molecule has 1 amide bonds. The second kappa shape index (κ2) is 9.59. The molecule has 0 radical (unpaired) electrons. The lowest BCUT2D eigenvalue weighted by Gasteiger charge is -2.31. The Morgan fingerprint density at radius 2 is 2.00 bits per heavy atom. The van der Waals surface area contributed by atoms with E-state index in [0.717, 1.165) is 31.8 Å². The fourth-order valence-corrected chi connectivity index (χ4v) is 3.00.